The van der Waals surface area contributed by atoms with E-state index in [4.69, 9.17) is 0 Å². The van der Waals surface area contributed by atoms with Crippen LogP contribution in [0.2, 0.25) is 0 Å². The fourth-order valence-corrected chi connectivity index (χ4v) is 3.26. The first-order valence-electron chi connectivity index (χ1n) is 7.19. The molecule has 4 heteroatoms. The van der Waals surface area contributed by atoms with Crippen LogP contribution in [0, 0.1) is 6.92 Å². The van der Waals surface area contributed by atoms with Crippen molar-refractivity contribution in [1.82, 2.24) is 14.8 Å². The quantitative estimate of drug-likeness (QED) is 0.862. The molecule has 2 heterocycles. The Labute approximate surface area is 124 Å². The highest BCUT2D eigenvalue weighted by molar-refractivity contribution is 7.09. The van der Waals surface area contributed by atoms with E-state index in [2.05, 4.69) is 57.4 Å². The van der Waals surface area contributed by atoms with Gasteiger partial charge in [-0.1, -0.05) is 30.3 Å². The molecule has 0 spiro atoms. The Morgan fingerprint density at radius 3 is 2.25 bits per heavy atom. The second kappa shape index (κ2) is 6.48. The first kappa shape index (κ1) is 13.7. The Morgan fingerprint density at radius 1 is 1.00 bits per heavy atom. The second-order valence-corrected chi connectivity index (χ2v) is 6.46. The summed E-state index contributed by atoms with van der Waals surface area (Å²) in [6, 6.07) is 10.7. The van der Waals surface area contributed by atoms with Crippen LogP contribution < -0.4 is 0 Å². The second-order valence-electron chi connectivity index (χ2n) is 5.40. The zero-order chi connectivity index (χ0) is 13.8. The Bertz CT molecular complexity index is 530. The molecule has 1 aliphatic rings. The van der Waals surface area contributed by atoms with Gasteiger partial charge in [-0.05, 0) is 12.5 Å². The van der Waals surface area contributed by atoms with Crippen LogP contribution in [0.25, 0.3) is 0 Å². The summed E-state index contributed by atoms with van der Waals surface area (Å²) in [5, 5.41) is 3.36. The van der Waals surface area contributed by atoms with E-state index in [1.807, 2.05) is 0 Å². The van der Waals surface area contributed by atoms with E-state index in [1.165, 1.54) is 16.3 Å². The molecule has 0 amide bonds. The molecule has 3 nitrogen and oxygen atoms in total. The highest BCUT2D eigenvalue weighted by atomic mass is 32.1. The van der Waals surface area contributed by atoms with Crippen LogP contribution in [0.3, 0.4) is 0 Å². The minimum absolute atomic E-state index is 1.00. The van der Waals surface area contributed by atoms with Crippen molar-refractivity contribution in [1.29, 1.82) is 0 Å². The Balaban J connectivity index is 1.47. The molecule has 0 saturated carbocycles. The summed E-state index contributed by atoms with van der Waals surface area (Å²) in [5.74, 6) is 0. The van der Waals surface area contributed by atoms with Gasteiger partial charge in [-0.15, -0.1) is 11.3 Å². The van der Waals surface area contributed by atoms with E-state index >= 15 is 0 Å². The number of thiazole rings is 1. The van der Waals surface area contributed by atoms with Gasteiger partial charge in [-0.25, -0.2) is 4.98 Å². The van der Waals surface area contributed by atoms with Crippen LogP contribution >= 0.6 is 11.3 Å². The molecule has 0 N–H and O–H groups in total. The van der Waals surface area contributed by atoms with Crippen LogP contribution in [0.15, 0.2) is 35.7 Å². The summed E-state index contributed by atoms with van der Waals surface area (Å²) >= 11 is 1.75. The molecule has 106 valence electrons. The Hall–Kier alpha value is -1.23. The number of rotatable bonds is 4. The maximum atomic E-state index is 4.55. The summed E-state index contributed by atoms with van der Waals surface area (Å²) < 4.78 is 0. The van der Waals surface area contributed by atoms with Gasteiger partial charge in [0.15, 0.2) is 0 Å². The zero-order valence-corrected chi connectivity index (χ0v) is 12.8. The number of piperazine rings is 1. The van der Waals surface area contributed by atoms with Crippen LogP contribution in [-0.2, 0) is 13.1 Å². The van der Waals surface area contributed by atoms with Crippen LogP contribution in [-0.4, -0.2) is 41.0 Å². The SMILES string of the molecule is Cc1nc(CN2CCN(Cc3ccccc3)CC2)cs1. The molecular weight excluding hydrogens is 266 g/mol. The number of hydrogen-bond acceptors (Lipinski definition) is 4. The van der Waals surface area contributed by atoms with Gasteiger partial charge >= 0.3 is 0 Å². The van der Waals surface area contributed by atoms with Gasteiger partial charge in [-0.2, -0.15) is 0 Å². The highest BCUT2D eigenvalue weighted by Gasteiger charge is 2.17. The summed E-state index contributed by atoms with van der Waals surface area (Å²) in [6.45, 7) is 8.74. The predicted octanol–water partition coefficient (Wildman–Crippen LogP) is 2.77. The molecule has 1 aromatic heterocycles. The molecule has 1 saturated heterocycles. The molecule has 1 aromatic carbocycles. The third kappa shape index (κ3) is 3.66. The minimum Gasteiger partial charge on any atom is -0.297 e. The van der Waals surface area contributed by atoms with E-state index in [1.54, 1.807) is 11.3 Å². The largest absolute Gasteiger partial charge is 0.297 e. The van der Waals surface area contributed by atoms with E-state index < -0.39 is 0 Å². The first-order chi connectivity index (χ1) is 9.79. The lowest BCUT2D eigenvalue weighted by Crippen LogP contribution is -2.45. The highest BCUT2D eigenvalue weighted by Crippen LogP contribution is 2.13. The van der Waals surface area contributed by atoms with Crippen molar-refractivity contribution in [3.05, 3.63) is 52.0 Å². The molecule has 0 unspecified atom stereocenters. The maximum Gasteiger partial charge on any atom is 0.0897 e. The number of aryl methyl sites for hydroxylation is 1. The van der Waals surface area contributed by atoms with E-state index in [0.29, 0.717) is 0 Å². The zero-order valence-electron chi connectivity index (χ0n) is 12.0. The number of hydrogen-bond donors (Lipinski definition) is 0. The fourth-order valence-electron chi connectivity index (χ4n) is 2.66. The third-order valence-corrected chi connectivity index (χ3v) is 4.59. The van der Waals surface area contributed by atoms with E-state index in [0.717, 1.165) is 39.3 Å². The molecular formula is C16H21N3S. The van der Waals surface area contributed by atoms with Gasteiger partial charge in [0, 0.05) is 44.6 Å². The van der Waals surface area contributed by atoms with Gasteiger partial charge in [-0.3, -0.25) is 9.80 Å². The summed E-state index contributed by atoms with van der Waals surface area (Å²) in [7, 11) is 0. The minimum atomic E-state index is 1.00. The van der Waals surface area contributed by atoms with E-state index in [9.17, 15) is 0 Å². The van der Waals surface area contributed by atoms with Crippen LogP contribution in [0.1, 0.15) is 16.3 Å². The number of aromatic nitrogens is 1. The molecule has 2 aromatic rings. The molecule has 0 radical (unpaired) electrons. The Kier molecular flexibility index (Phi) is 4.45. The van der Waals surface area contributed by atoms with Gasteiger partial charge in [0.05, 0.1) is 10.7 Å². The molecule has 3 rings (SSSR count). The topological polar surface area (TPSA) is 19.4 Å². The number of benzene rings is 1. The summed E-state index contributed by atoms with van der Waals surface area (Å²) in [4.78, 5) is 9.60. The van der Waals surface area contributed by atoms with Crippen molar-refractivity contribution < 1.29 is 0 Å². The van der Waals surface area contributed by atoms with Crippen LogP contribution in [0.4, 0.5) is 0 Å². The van der Waals surface area contributed by atoms with Gasteiger partial charge in [0.2, 0.25) is 0 Å². The molecule has 1 aliphatic heterocycles. The standard InChI is InChI=1S/C16H21N3S/c1-14-17-16(13-20-14)12-19-9-7-18(8-10-19)11-15-5-3-2-4-6-15/h2-6,13H,7-12H2,1H3. The van der Waals surface area contributed by atoms with Gasteiger partial charge < -0.3 is 0 Å². The molecule has 0 bridgehead atoms. The normalized spacial score (nSPS) is 17.4. The molecule has 0 aliphatic carbocycles. The molecule has 0 atom stereocenters. The van der Waals surface area contributed by atoms with Crippen molar-refractivity contribution in [2.75, 3.05) is 26.2 Å². The summed E-state index contributed by atoms with van der Waals surface area (Å²) in [5.41, 5.74) is 2.64. The number of nitrogens with zero attached hydrogens (tertiary/aromatic N) is 3. The lowest BCUT2D eigenvalue weighted by molar-refractivity contribution is 0.121. The van der Waals surface area contributed by atoms with Crippen molar-refractivity contribution >= 4 is 11.3 Å². The van der Waals surface area contributed by atoms with Gasteiger partial charge in [0.1, 0.15) is 0 Å². The first-order valence-corrected chi connectivity index (χ1v) is 8.07. The van der Waals surface area contributed by atoms with Crippen molar-refractivity contribution in [3.8, 4) is 0 Å². The molecule has 1 fully saturated rings. The average Bonchev–Trinajstić information content (AvgIpc) is 2.88. The average molecular weight is 287 g/mol. The molecule has 20 heavy (non-hydrogen) atoms. The van der Waals surface area contributed by atoms with Gasteiger partial charge in [0.25, 0.3) is 0 Å². The predicted molar refractivity (Wildman–Crippen MR) is 83.8 cm³/mol. The maximum absolute atomic E-state index is 4.55. The van der Waals surface area contributed by atoms with Crippen LogP contribution in [0.5, 0.6) is 0 Å². The lowest BCUT2D eigenvalue weighted by atomic mass is 10.2. The Morgan fingerprint density at radius 2 is 1.65 bits per heavy atom. The smallest absolute Gasteiger partial charge is 0.0897 e. The third-order valence-electron chi connectivity index (χ3n) is 3.77. The fraction of sp³-hybridized carbons (Fsp3) is 0.438. The van der Waals surface area contributed by atoms with Crippen molar-refractivity contribution in [3.63, 3.8) is 0 Å². The van der Waals surface area contributed by atoms with Crippen molar-refractivity contribution in [2.45, 2.75) is 20.0 Å². The monoisotopic (exact) mass is 287 g/mol. The summed E-state index contributed by atoms with van der Waals surface area (Å²) in [6.07, 6.45) is 0. The lowest BCUT2D eigenvalue weighted by Gasteiger charge is -2.34. The van der Waals surface area contributed by atoms with E-state index in [-0.39, 0.29) is 0 Å². The van der Waals surface area contributed by atoms with Crippen molar-refractivity contribution in [2.24, 2.45) is 0 Å².